The quantitative estimate of drug-likeness (QED) is 0.619. The number of methoxy groups -OCH3 is 1. The molecule has 28 heavy (non-hydrogen) atoms. The fraction of sp³-hybridized carbons (Fsp3) is 0.182. The van der Waals surface area contributed by atoms with E-state index in [2.05, 4.69) is 0 Å². The summed E-state index contributed by atoms with van der Waals surface area (Å²) < 4.78 is 7.37. The van der Waals surface area contributed by atoms with Gasteiger partial charge in [-0.25, -0.2) is 0 Å². The van der Waals surface area contributed by atoms with E-state index in [0.29, 0.717) is 17.7 Å². The Morgan fingerprint density at radius 2 is 1.71 bits per heavy atom. The number of imide groups is 1. The van der Waals surface area contributed by atoms with Crippen LogP contribution in [0.5, 0.6) is 5.75 Å². The molecule has 0 bridgehead atoms. The molecule has 2 aromatic carbocycles. The number of aryl methyl sites for hydroxylation is 1. The number of benzene rings is 2. The third kappa shape index (κ3) is 2.88. The molecule has 0 unspecified atom stereocenters. The van der Waals surface area contributed by atoms with Gasteiger partial charge in [0.2, 0.25) is 0 Å². The second-order valence-electron chi connectivity index (χ2n) is 6.68. The molecule has 1 aliphatic heterocycles. The first-order chi connectivity index (χ1) is 13.5. The van der Waals surface area contributed by atoms with Crippen molar-refractivity contribution >= 4 is 39.9 Å². The molecule has 142 valence electrons. The number of aromatic nitrogens is 1. The van der Waals surface area contributed by atoms with Crippen LogP contribution in [0.4, 0.5) is 0 Å². The number of ether oxygens (including phenoxy) is 1. The zero-order valence-corrected chi connectivity index (χ0v) is 16.4. The highest BCUT2D eigenvalue weighted by atomic mass is 35.5. The van der Waals surface area contributed by atoms with E-state index >= 15 is 0 Å². The van der Waals surface area contributed by atoms with Crippen molar-refractivity contribution in [1.82, 2.24) is 9.47 Å². The highest BCUT2D eigenvalue weighted by Crippen LogP contribution is 2.36. The topological polar surface area (TPSA) is 51.5 Å². The van der Waals surface area contributed by atoms with Crippen molar-refractivity contribution in [3.8, 4) is 5.75 Å². The van der Waals surface area contributed by atoms with Gasteiger partial charge in [0.25, 0.3) is 11.8 Å². The summed E-state index contributed by atoms with van der Waals surface area (Å²) >= 11 is 6.27. The standard InChI is InChI=1S/C22H19ClN2O3/c1-24-13-14(15-7-3-5-9-17(15)24)11-12-25-21(26)19(20(23)22(25)27)16-8-4-6-10-18(16)28-2/h3-10,13H,11-12H2,1-2H3. The number of carbonyl (C=O) groups is 2. The first-order valence-corrected chi connectivity index (χ1v) is 9.33. The Labute approximate surface area is 167 Å². The van der Waals surface area contributed by atoms with Gasteiger partial charge in [0.05, 0.1) is 12.7 Å². The molecule has 2 heterocycles. The van der Waals surface area contributed by atoms with E-state index in [4.69, 9.17) is 16.3 Å². The third-order valence-electron chi connectivity index (χ3n) is 5.07. The lowest BCUT2D eigenvalue weighted by molar-refractivity contribution is -0.136. The number of para-hydroxylation sites is 2. The number of halogens is 1. The van der Waals surface area contributed by atoms with Crippen LogP contribution in [0, 0.1) is 0 Å². The first-order valence-electron chi connectivity index (χ1n) is 8.95. The molecular weight excluding hydrogens is 376 g/mol. The van der Waals surface area contributed by atoms with Crippen molar-refractivity contribution in [3.05, 3.63) is 70.9 Å². The van der Waals surface area contributed by atoms with Gasteiger partial charge in [-0.15, -0.1) is 0 Å². The van der Waals surface area contributed by atoms with Gasteiger partial charge in [-0.2, -0.15) is 0 Å². The second-order valence-corrected chi connectivity index (χ2v) is 7.06. The molecule has 0 N–H and O–H groups in total. The largest absolute Gasteiger partial charge is 0.496 e. The van der Waals surface area contributed by atoms with Crippen LogP contribution < -0.4 is 4.74 Å². The molecule has 0 atom stereocenters. The number of hydrogen-bond donors (Lipinski definition) is 0. The molecule has 6 heteroatoms. The molecule has 3 aromatic rings. The lowest BCUT2D eigenvalue weighted by Gasteiger charge is -2.15. The number of rotatable bonds is 5. The molecule has 4 rings (SSSR count). The summed E-state index contributed by atoms with van der Waals surface area (Å²) in [6.45, 7) is 0.264. The molecule has 0 spiro atoms. The van der Waals surface area contributed by atoms with Crippen molar-refractivity contribution < 1.29 is 14.3 Å². The van der Waals surface area contributed by atoms with Crippen molar-refractivity contribution in [2.75, 3.05) is 13.7 Å². The maximum atomic E-state index is 13.0. The predicted molar refractivity (Wildman–Crippen MR) is 109 cm³/mol. The van der Waals surface area contributed by atoms with Gasteiger partial charge in [-0.1, -0.05) is 48.0 Å². The fourth-order valence-electron chi connectivity index (χ4n) is 3.69. The molecule has 5 nitrogen and oxygen atoms in total. The van der Waals surface area contributed by atoms with Gasteiger partial charge in [-0.3, -0.25) is 14.5 Å². The summed E-state index contributed by atoms with van der Waals surface area (Å²) in [4.78, 5) is 26.9. The van der Waals surface area contributed by atoms with Crippen LogP contribution in [0.15, 0.2) is 59.8 Å². The summed E-state index contributed by atoms with van der Waals surface area (Å²) in [5.41, 5.74) is 2.92. The number of fused-ring (bicyclic) bond motifs is 1. The normalized spacial score (nSPS) is 14.5. The average Bonchev–Trinajstić information content (AvgIpc) is 3.14. The van der Waals surface area contributed by atoms with Crippen molar-refractivity contribution in [2.45, 2.75) is 6.42 Å². The number of amides is 2. The van der Waals surface area contributed by atoms with Gasteiger partial charge in [0, 0.05) is 36.3 Å². The second kappa shape index (κ2) is 7.17. The zero-order chi connectivity index (χ0) is 19.8. The van der Waals surface area contributed by atoms with E-state index < -0.39 is 5.91 Å². The molecule has 0 aliphatic carbocycles. The highest BCUT2D eigenvalue weighted by molar-refractivity contribution is 6.55. The van der Waals surface area contributed by atoms with Gasteiger partial charge in [-0.05, 0) is 24.1 Å². The van der Waals surface area contributed by atoms with E-state index in [0.717, 1.165) is 16.5 Å². The van der Waals surface area contributed by atoms with Crippen molar-refractivity contribution in [3.63, 3.8) is 0 Å². The minimum Gasteiger partial charge on any atom is -0.496 e. The third-order valence-corrected chi connectivity index (χ3v) is 5.42. The Balaban J connectivity index is 1.61. The van der Waals surface area contributed by atoms with Crippen LogP contribution in [0.25, 0.3) is 16.5 Å². The molecule has 0 fully saturated rings. The lowest BCUT2D eigenvalue weighted by atomic mass is 10.0. The van der Waals surface area contributed by atoms with E-state index in [1.807, 2.05) is 42.1 Å². The minimum atomic E-state index is -0.465. The molecule has 0 saturated carbocycles. The number of carbonyl (C=O) groups excluding carboxylic acids is 2. The molecule has 2 amide bonds. The predicted octanol–water partition coefficient (Wildman–Crippen LogP) is 3.75. The molecule has 0 radical (unpaired) electrons. The van der Waals surface area contributed by atoms with E-state index in [9.17, 15) is 9.59 Å². The van der Waals surface area contributed by atoms with Gasteiger partial charge >= 0.3 is 0 Å². The van der Waals surface area contributed by atoms with Crippen LogP contribution in [0.1, 0.15) is 11.1 Å². The molecule has 1 aliphatic rings. The molecular formula is C22H19ClN2O3. The Morgan fingerprint density at radius 3 is 2.50 bits per heavy atom. The average molecular weight is 395 g/mol. The van der Waals surface area contributed by atoms with Gasteiger partial charge in [0.15, 0.2) is 0 Å². The van der Waals surface area contributed by atoms with E-state index in [-0.39, 0.29) is 23.1 Å². The summed E-state index contributed by atoms with van der Waals surface area (Å²) in [6, 6.07) is 15.1. The Hall–Kier alpha value is -3.05. The number of hydrogen-bond acceptors (Lipinski definition) is 3. The molecule has 0 saturated heterocycles. The fourth-order valence-corrected chi connectivity index (χ4v) is 3.98. The van der Waals surface area contributed by atoms with Crippen LogP contribution in [0.3, 0.4) is 0 Å². The summed E-state index contributed by atoms with van der Waals surface area (Å²) in [5.74, 6) is -0.347. The van der Waals surface area contributed by atoms with Crippen LogP contribution in [-0.2, 0) is 23.1 Å². The monoisotopic (exact) mass is 394 g/mol. The summed E-state index contributed by atoms with van der Waals surface area (Å²) in [6.07, 6.45) is 2.59. The number of nitrogens with zero attached hydrogens (tertiary/aromatic N) is 2. The van der Waals surface area contributed by atoms with Crippen molar-refractivity contribution in [2.24, 2.45) is 7.05 Å². The summed E-state index contributed by atoms with van der Waals surface area (Å²) in [5, 5.41) is 1.06. The lowest BCUT2D eigenvalue weighted by Crippen LogP contribution is -2.33. The Morgan fingerprint density at radius 1 is 1.00 bits per heavy atom. The zero-order valence-electron chi connectivity index (χ0n) is 15.6. The first kappa shape index (κ1) is 18.3. The van der Waals surface area contributed by atoms with E-state index in [1.54, 1.807) is 24.3 Å². The highest BCUT2D eigenvalue weighted by Gasteiger charge is 2.38. The van der Waals surface area contributed by atoms with Crippen LogP contribution >= 0.6 is 11.6 Å². The van der Waals surface area contributed by atoms with Gasteiger partial charge in [0.1, 0.15) is 10.8 Å². The maximum absolute atomic E-state index is 13.0. The minimum absolute atomic E-state index is 0.0626. The van der Waals surface area contributed by atoms with Gasteiger partial charge < -0.3 is 9.30 Å². The Bertz CT molecular complexity index is 1130. The summed E-state index contributed by atoms with van der Waals surface area (Å²) in [7, 11) is 3.50. The SMILES string of the molecule is COc1ccccc1C1=C(Cl)C(=O)N(CCc2cn(C)c3ccccc23)C1=O. The van der Waals surface area contributed by atoms with Crippen LogP contribution in [0.2, 0.25) is 0 Å². The maximum Gasteiger partial charge on any atom is 0.273 e. The van der Waals surface area contributed by atoms with Crippen molar-refractivity contribution in [1.29, 1.82) is 0 Å². The van der Waals surface area contributed by atoms with E-state index in [1.165, 1.54) is 12.0 Å². The smallest absolute Gasteiger partial charge is 0.273 e. The molecule has 1 aromatic heterocycles. The Kier molecular flexibility index (Phi) is 4.69. The van der Waals surface area contributed by atoms with Crippen LogP contribution in [-0.4, -0.2) is 34.9 Å².